The van der Waals surface area contributed by atoms with Gasteiger partial charge in [0.2, 0.25) is 0 Å². The van der Waals surface area contributed by atoms with Gasteiger partial charge in [-0.15, -0.1) is 0 Å². The quantitative estimate of drug-likeness (QED) is 0.174. The third kappa shape index (κ3) is 5.50. The highest BCUT2D eigenvalue weighted by atomic mass is 32.2. The molecule has 0 fully saturated rings. The molecule has 0 saturated heterocycles. The molecule has 6 rings (SSSR count). The van der Waals surface area contributed by atoms with Crippen LogP contribution in [0.1, 0.15) is 29.2 Å². The Bertz CT molecular complexity index is 2020. The lowest BCUT2D eigenvalue weighted by molar-refractivity contribution is -0.122. The fourth-order valence-corrected chi connectivity index (χ4v) is 10.8. The van der Waals surface area contributed by atoms with Gasteiger partial charge in [-0.05, 0) is 62.2 Å². The number of rotatable bonds is 7. The van der Waals surface area contributed by atoms with Crippen LogP contribution in [0.2, 0.25) is 0 Å². The largest absolute Gasteiger partial charge is 0.314 e. The second-order valence-corrected chi connectivity index (χ2v) is 16.4. The van der Waals surface area contributed by atoms with Gasteiger partial charge in [0, 0.05) is 22.3 Å². The topological polar surface area (TPSA) is 71.5 Å². The van der Waals surface area contributed by atoms with Gasteiger partial charge in [0.05, 0.1) is 16.0 Å². The van der Waals surface area contributed by atoms with E-state index in [4.69, 9.17) is 0 Å². The van der Waals surface area contributed by atoms with Crippen molar-refractivity contribution in [2.24, 2.45) is 5.41 Å². The summed E-state index contributed by atoms with van der Waals surface area (Å²) in [5, 5.41) is 1.21. The number of carbonyl (C=O) groups is 1. The van der Waals surface area contributed by atoms with Crippen molar-refractivity contribution in [2.75, 3.05) is 10.5 Å². The van der Waals surface area contributed by atoms with E-state index in [0.717, 1.165) is 21.0 Å². The van der Waals surface area contributed by atoms with E-state index in [-0.39, 0.29) is 16.7 Å². The molecular weight excluding hydrogens is 597 g/mol. The minimum absolute atomic E-state index is 0.00694. The Labute approximate surface area is 265 Å². The molecule has 1 amide bonds. The van der Waals surface area contributed by atoms with E-state index in [2.05, 4.69) is 0 Å². The van der Waals surface area contributed by atoms with Crippen LogP contribution >= 0.6 is 7.14 Å². The van der Waals surface area contributed by atoms with E-state index in [0.29, 0.717) is 21.7 Å². The third-order valence-corrected chi connectivity index (χ3v) is 13.5. The molecular formula is C38H34NO4PS. The molecule has 0 bridgehead atoms. The molecule has 1 aliphatic rings. The molecule has 0 saturated carbocycles. The smallest absolute Gasteiger partial charge is 0.270 e. The predicted molar refractivity (Wildman–Crippen MR) is 184 cm³/mol. The Morgan fingerprint density at radius 3 is 1.78 bits per heavy atom. The maximum absolute atomic E-state index is 15.5. The van der Waals surface area contributed by atoms with Crippen molar-refractivity contribution in [1.29, 1.82) is 0 Å². The second kappa shape index (κ2) is 11.8. The summed E-state index contributed by atoms with van der Waals surface area (Å²) in [6.45, 7) is 5.69. The van der Waals surface area contributed by atoms with E-state index >= 15 is 9.36 Å². The first-order valence-electron chi connectivity index (χ1n) is 14.8. The van der Waals surface area contributed by atoms with Crippen LogP contribution in [0.3, 0.4) is 0 Å². The lowest BCUT2D eigenvalue weighted by atomic mass is 9.75. The maximum atomic E-state index is 15.5. The predicted octanol–water partition coefficient (Wildman–Crippen LogP) is 7.60. The highest BCUT2D eigenvalue weighted by molar-refractivity contribution is 7.93. The van der Waals surface area contributed by atoms with Crippen molar-refractivity contribution in [3.8, 4) is 0 Å². The van der Waals surface area contributed by atoms with Gasteiger partial charge >= 0.3 is 0 Å². The normalized spacial score (nSPS) is 17.7. The Morgan fingerprint density at radius 2 is 1.22 bits per heavy atom. The summed E-state index contributed by atoms with van der Waals surface area (Å²) >= 11 is 0. The molecule has 0 aliphatic carbocycles. The van der Waals surface area contributed by atoms with Crippen molar-refractivity contribution in [2.45, 2.75) is 25.7 Å². The number of nitrogens with zero attached hydrogens (tertiary/aromatic N) is 1. The third-order valence-electron chi connectivity index (χ3n) is 8.47. The first kappa shape index (κ1) is 30.5. The molecule has 0 aromatic heterocycles. The summed E-state index contributed by atoms with van der Waals surface area (Å²) in [6, 6.07) is 39.7. The summed E-state index contributed by atoms with van der Waals surface area (Å²) in [6.07, 6.45) is 1.83. The van der Waals surface area contributed by atoms with Crippen LogP contribution in [-0.4, -0.2) is 20.5 Å². The molecule has 0 spiro atoms. The zero-order valence-corrected chi connectivity index (χ0v) is 27.1. The minimum Gasteiger partial charge on any atom is -0.314 e. The first-order chi connectivity index (χ1) is 21.5. The lowest BCUT2D eigenvalue weighted by Gasteiger charge is -2.43. The molecule has 1 atom stereocenters. The van der Waals surface area contributed by atoms with E-state index < -0.39 is 28.5 Å². The Hall–Kier alpha value is -4.51. The first-order valence-corrected chi connectivity index (χ1v) is 18.1. The maximum Gasteiger partial charge on any atom is 0.270 e. The molecule has 1 heterocycles. The van der Waals surface area contributed by atoms with Crippen molar-refractivity contribution >= 4 is 51.0 Å². The molecule has 1 aliphatic heterocycles. The van der Waals surface area contributed by atoms with Crippen molar-refractivity contribution < 1.29 is 17.8 Å². The average Bonchev–Trinajstić information content (AvgIpc) is 3.05. The van der Waals surface area contributed by atoms with Gasteiger partial charge in [0.25, 0.3) is 15.9 Å². The highest BCUT2D eigenvalue weighted by Gasteiger charge is 2.53. The monoisotopic (exact) mass is 631 g/mol. The van der Waals surface area contributed by atoms with Gasteiger partial charge in [0.15, 0.2) is 0 Å². The van der Waals surface area contributed by atoms with Gasteiger partial charge in [0.1, 0.15) is 7.14 Å². The SMILES string of the molecule is Cc1ccc(/C=C2/c3cc(C)ccc3N(S(=O)(=O)c3ccccc3)C(=O)[C@]2(C)CP(=O)(c2ccccc2)c2ccccc2)cc1. The van der Waals surface area contributed by atoms with Crippen LogP contribution in [0.4, 0.5) is 5.69 Å². The van der Waals surface area contributed by atoms with Gasteiger partial charge in [-0.3, -0.25) is 4.79 Å². The van der Waals surface area contributed by atoms with Gasteiger partial charge in [-0.2, -0.15) is 0 Å². The molecule has 5 aromatic carbocycles. The Morgan fingerprint density at radius 1 is 0.711 bits per heavy atom. The second-order valence-electron chi connectivity index (χ2n) is 11.8. The molecule has 226 valence electrons. The fourth-order valence-electron chi connectivity index (χ4n) is 6.06. The fraction of sp³-hybridized carbons (Fsp3) is 0.132. The summed E-state index contributed by atoms with van der Waals surface area (Å²) in [5.41, 5.74) is 2.87. The number of anilines is 1. The molecule has 0 N–H and O–H groups in total. The Kier molecular flexibility index (Phi) is 7.98. The molecule has 0 unspecified atom stereocenters. The van der Waals surface area contributed by atoms with Gasteiger partial charge < -0.3 is 4.57 Å². The Balaban J connectivity index is 1.66. The van der Waals surface area contributed by atoms with Crippen LogP contribution in [0.25, 0.3) is 11.6 Å². The summed E-state index contributed by atoms with van der Waals surface area (Å²) < 4.78 is 45.2. The van der Waals surface area contributed by atoms with E-state index in [1.54, 1.807) is 31.2 Å². The van der Waals surface area contributed by atoms with E-state index in [1.807, 2.05) is 117 Å². The van der Waals surface area contributed by atoms with E-state index in [9.17, 15) is 8.42 Å². The van der Waals surface area contributed by atoms with Crippen LogP contribution in [-0.2, 0) is 19.4 Å². The number of aryl methyl sites for hydroxylation is 2. The number of hydrogen-bond donors (Lipinski definition) is 0. The molecule has 5 nitrogen and oxygen atoms in total. The van der Waals surface area contributed by atoms with Crippen LogP contribution in [0.15, 0.2) is 138 Å². The van der Waals surface area contributed by atoms with Crippen molar-refractivity contribution in [3.63, 3.8) is 0 Å². The zero-order chi connectivity index (χ0) is 31.8. The average molecular weight is 632 g/mol. The minimum atomic E-state index is -4.33. The molecule has 0 radical (unpaired) electrons. The molecule has 45 heavy (non-hydrogen) atoms. The standard InChI is InChI=1S/C38H34NO4PS/c1-28-19-22-30(23-20-28)26-35-34-25-29(2)21-24-36(34)39(45(42,43)33-17-11-6-12-18-33)37(40)38(35,3)27-44(41,31-13-7-4-8-14-31)32-15-9-5-10-16-32/h4-26H,27H2,1-3H3/b35-26-/t38-/m1/s1. The number of hydrogen-bond acceptors (Lipinski definition) is 4. The number of benzene rings is 5. The number of carbonyl (C=O) groups excluding carboxylic acids is 1. The molecule has 7 heteroatoms. The van der Waals surface area contributed by atoms with Gasteiger partial charge in [-0.1, -0.05) is 120 Å². The highest BCUT2D eigenvalue weighted by Crippen LogP contribution is 2.57. The lowest BCUT2D eigenvalue weighted by Crippen LogP contribution is -2.52. The number of fused-ring (bicyclic) bond motifs is 1. The summed E-state index contributed by atoms with van der Waals surface area (Å²) in [5.74, 6) is -0.645. The van der Waals surface area contributed by atoms with Crippen molar-refractivity contribution in [1.82, 2.24) is 0 Å². The number of amides is 1. The summed E-state index contributed by atoms with van der Waals surface area (Å²) in [4.78, 5) is 15.1. The van der Waals surface area contributed by atoms with Crippen LogP contribution in [0.5, 0.6) is 0 Å². The zero-order valence-electron chi connectivity index (χ0n) is 25.4. The van der Waals surface area contributed by atoms with Gasteiger partial charge in [-0.25, -0.2) is 12.7 Å². The summed E-state index contributed by atoms with van der Waals surface area (Å²) in [7, 11) is -7.83. The van der Waals surface area contributed by atoms with Crippen LogP contribution in [0, 0.1) is 19.3 Å². The van der Waals surface area contributed by atoms with Crippen LogP contribution < -0.4 is 14.9 Å². The number of sulfonamides is 1. The molecule has 5 aromatic rings. The van der Waals surface area contributed by atoms with Crippen molar-refractivity contribution in [3.05, 3.63) is 156 Å². The van der Waals surface area contributed by atoms with E-state index in [1.165, 1.54) is 12.1 Å².